The van der Waals surface area contributed by atoms with Gasteiger partial charge in [0.1, 0.15) is 17.1 Å². The molecule has 1 aliphatic rings. The smallest absolute Gasteiger partial charge is 0.222 e. The van der Waals surface area contributed by atoms with Crippen molar-refractivity contribution in [2.45, 2.75) is 32.4 Å². The third-order valence-electron chi connectivity index (χ3n) is 4.38. The molecule has 1 amide bonds. The molecule has 1 aliphatic heterocycles. The van der Waals surface area contributed by atoms with E-state index in [9.17, 15) is 4.79 Å². The van der Waals surface area contributed by atoms with E-state index >= 15 is 0 Å². The van der Waals surface area contributed by atoms with Gasteiger partial charge in [-0.15, -0.1) is 12.4 Å². The molecule has 0 aliphatic carbocycles. The molecule has 2 heterocycles. The molecule has 1 aromatic carbocycles. The molecule has 0 bridgehead atoms. The summed E-state index contributed by atoms with van der Waals surface area (Å²) in [5.74, 6) is 1.56. The van der Waals surface area contributed by atoms with Crippen LogP contribution in [0.5, 0.6) is 5.75 Å². The van der Waals surface area contributed by atoms with Crippen LogP contribution in [0.15, 0.2) is 22.6 Å². The predicted octanol–water partition coefficient (Wildman–Crippen LogP) is 2.73. The summed E-state index contributed by atoms with van der Waals surface area (Å²) in [5, 5.41) is 7.31. The Hall–Kier alpha value is -1.76. The van der Waals surface area contributed by atoms with Crippen molar-refractivity contribution in [3.63, 3.8) is 0 Å². The van der Waals surface area contributed by atoms with E-state index in [4.69, 9.17) is 13.9 Å². The van der Waals surface area contributed by atoms with Crippen LogP contribution < -0.4 is 15.4 Å². The molecule has 0 saturated carbocycles. The fraction of sp³-hybridized carbons (Fsp3) is 0.500. The molecule has 25 heavy (non-hydrogen) atoms. The molecule has 1 fully saturated rings. The molecule has 2 aromatic rings. The summed E-state index contributed by atoms with van der Waals surface area (Å²) in [5.41, 5.74) is 1.82. The Labute approximate surface area is 153 Å². The van der Waals surface area contributed by atoms with Gasteiger partial charge in [0.25, 0.3) is 0 Å². The zero-order chi connectivity index (χ0) is 17.1. The van der Waals surface area contributed by atoms with Crippen LogP contribution in [0, 0.1) is 6.92 Å². The highest BCUT2D eigenvalue weighted by Crippen LogP contribution is 2.31. The number of aryl methyl sites for hydroxylation is 1. The molecule has 138 valence electrons. The first-order chi connectivity index (χ1) is 11.6. The SMILES string of the molecule is COc1ccc2oc(C(C)NC(=O)CC3COCCN3)c(C)c2c1.Cl. The number of furan rings is 1. The lowest BCUT2D eigenvalue weighted by Gasteiger charge is -2.23. The molecule has 2 unspecified atom stereocenters. The van der Waals surface area contributed by atoms with Crippen LogP contribution >= 0.6 is 12.4 Å². The summed E-state index contributed by atoms with van der Waals surface area (Å²) < 4.78 is 16.6. The summed E-state index contributed by atoms with van der Waals surface area (Å²) >= 11 is 0. The van der Waals surface area contributed by atoms with Gasteiger partial charge in [0.05, 0.1) is 26.4 Å². The number of ether oxygens (including phenoxy) is 2. The first kappa shape index (κ1) is 19.6. The zero-order valence-electron chi connectivity index (χ0n) is 14.8. The van der Waals surface area contributed by atoms with Crippen LogP contribution in [-0.2, 0) is 9.53 Å². The number of halogens is 1. The fourth-order valence-electron chi connectivity index (χ4n) is 3.10. The number of fused-ring (bicyclic) bond motifs is 1. The Morgan fingerprint density at radius 1 is 1.48 bits per heavy atom. The first-order valence-electron chi connectivity index (χ1n) is 8.26. The number of nitrogens with one attached hydrogen (secondary N) is 2. The third-order valence-corrected chi connectivity index (χ3v) is 4.38. The van der Waals surface area contributed by atoms with Crippen LogP contribution in [0.3, 0.4) is 0 Å². The average molecular weight is 369 g/mol. The second kappa shape index (κ2) is 8.56. The van der Waals surface area contributed by atoms with Crippen LogP contribution in [0.25, 0.3) is 11.0 Å². The van der Waals surface area contributed by atoms with E-state index in [1.165, 1.54) is 0 Å². The molecular formula is C18H25ClN2O4. The lowest BCUT2D eigenvalue weighted by Crippen LogP contribution is -2.44. The highest BCUT2D eigenvalue weighted by atomic mass is 35.5. The third kappa shape index (κ3) is 4.45. The number of hydrogen-bond acceptors (Lipinski definition) is 5. The van der Waals surface area contributed by atoms with E-state index in [2.05, 4.69) is 10.6 Å². The van der Waals surface area contributed by atoms with Gasteiger partial charge >= 0.3 is 0 Å². The molecule has 0 spiro atoms. The minimum atomic E-state index is -0.194. The standard InChI is InChI=1S/C18H24N2O4.ClH/c1-11-15-9-14(22-3)4-5-16(15)24-18(11)12(2)20-17(21)8-13-10-23-7-6-19-13;/h4-5,9,12-13,19H,6-8,10H2,1-3H3,(H,20,21);1H. The number of benzene rings is 1. The van der Waals surface area contributed by atoms with E-state index in [0.717, 1.165) is 34.6 Å². The average Bonchev–Trinajstić information content (AvgIpc) is 2.92. The predicted molar refractivity (Wildman–Crippen MR) is 98.5 cm³/mol. The quantitative estimate of drug-likeness (QED) is 0.849. The molecule has 1 saturated heterocycles. The van der Waals surface area contributed by atoms with Gasteiger partial charge in [0.2, 0.25) is 5.91 Å². The summed E-state index contributed by atoms with van der Waals surface area (Å²) in [4.78, 5) is 12.3. The van der Waals surface area contributed by atoms with Crippen molar-refractivity contribution >= 4 is 29.3 Å². The van der Waals surface area contributed by atoms with Gasteiger partial charge in [0, 0.05) is 30.0 Å². The highest BCUT2D eigenvalue weighted by molar-refractivity contribution is 5.85. The lowest BCUT2D eigenvalue weighted by molar-refractivity contribution is -0.123. The summed E-state index contributed by atoms with van der Waals surface area (Å²) in [6, 6.07) is 5.60. The maximum absolute atomic E-state index is 12.3. The van der Waals surface area contributed by atoms with Crippen molar-refractivity contribution < 1.29 is 18.7 Å². The van der Waals surface area contributed by atoms with Gasteiger partial charge < -0.3 is 24.5 Å². The van der Waals surface area contributed by atoms with E-state index in [1.54, 1.807) is 7.11 Å². The molecule has 7 heteroatoms. The van der Waals surface area contributed by atoms with Crippen molar-refractivity contribution in [3.8, 4) is 5.75 Å². The minimum absolute atomic E-state index is 0. The van der Waals surface area contributed by atoms with Crippen molar-refractivity contribution in [2.75, 3.05) is 26.9 Å². The number of amides is 1. The van der Waals surface area contributed by atoms with Crippen LogP contribution in [0.2, 0.25) is 0 Å². The van der Waals surface area contributed by atoms with E-state index in [1.807, 2.05) is 32.0 Å². The van der Waals surface area contributed by atoms with Crippen molar-refractivity contribution in [1.82, 2.24) is 10.6 Å². The van der Waals surface area contributed by atoms with Gasteiger partial charge in [-0.2, -0.15) is 0 Å². The Bertz CT molecular complexity index is 725. The molecular weight excluding hydrogens is 344 g/mol. The van der Waals surface area contributed by atoms with Crippen molar-refractivity contribution in [1.29, 1.82) is 0 Å². The second-order valence-electron chi connectivity index (χ2n) is 6.17. The van der Waals surface area contributed by atoms with Gasteiger partial charge in [0.15, 0.2) is 0 Å². The molecule has 2 atom stereocenters. The Kier molecular flexibility index (Phi) is 6.70. The van der Waals surface area contributed by atoms with Crippen LogP contribution in [0.4, 0.5) is 0 Å². The largest absolute Gasteiger partial charge is 0.497 e. The molecule has 0 radical (unpaired) electrons. The first-order valence-corrected chi connectivity index (χ1v) is 8.26. The Morgan fingerprint density at radius 3 is 2.96 bits per heavy atom. The molecule has 2 N–H and O–H groups in total. The molecule has 6 nitrogen and oxygen atoms in total. The van der Waals surface area contributed by atoms with Crippen molar-refractivity contribution in [3.05, 3.63) is 29.5 Å². The Morgan fingerprint density at radius 2 is 2.28 bits per heavy atom. The lowest BCUT2D eigenvalue weighted by atomic mass is 10.1. The second-order valence-corrected chi connectivity index (χ2v) is 6.17. The van der Waals surface area contributed by atoms with Crippen LogP contribution in [0.1, 0.15) is 30.7 Å². The fourth-order valence-corrected chi connectivity index (χ4v) is 3.10. The van der Waals surface area contributed by atoms with Gasteiger partial charge in [-0.3, -0.25) is 4.79 Å². The van der Waals surface area contributed by atoms with E-state index in [-0.39, 0.29) is 30.4 Å². The maximum atomic E-state index is 12.3. The molecule has 1 aromatic heterocycles. The molecule has 3 rings (SSSR count). The van der Waals surface area contributed by atoms with Crippen LogP contribution in [-0.4, -0.2) is 38.8 Å². The van der Waals surface area contributed by atoms with Gasteiger partial charge in [-0.05, 0) is 32.0 Å². The Balaban J connectivity index is 0.00000225. The number of carbonyl (C=O) groups is 1. The van der Waals surface area contributed by atoms with Gasteiger partial charge in [-0.1, -0.05) is 0 Å². The van der Waals surface area contributed by atoms with E-state index < -0.39 is 0 Å². The zero-order valence-corrected chi connectivity index (χ0v) is 15.6. The number of morpholine rings is 1. The number of carbonyl (C=O) groups excluding carboxylic acids is 1. The van der Waals surface area contributed by atoms with Gasteiger partial charge in [-0.25, -0.2) is 0 Å². The minimum Gasteiger partial charge on any atom is -0.497 e. The van der Waals surface area contributed by atoms with E-state index in [0.29, 0.717) is 19.6 Å². The summed E-state index contributed by atoms with van der Waals surface area (Å²) in [7, 11) is 1.64. The number of hydrogen-bond donors (Lipinski definition) is 2. The normalized spacial score (nSPS) is 18.4. The maximum Gasteiger partial charge on any atom is 0.222 e. The topological polar surface area (TPSA) is 72.7 Å². The number of rotatable bonds is 5. The summed E-state index contributed by atoms with van der Waals surface area (Å²) in [6.45, 7) is 6.00. The number of methoxy groups -OCH3 is 1. The highest BCUT2D eigenvalue weighted by Gasteiger charge is 2.21. The van der Waals surface area contributed by atoms with Crippen molar-refractivity contribution in [2.24, 2.45) is 0 Å². The monoisotopic (exact) mass is 368 g/mol. The summed E-state index contributed by atoms with van der Waals surface area (Å²) in [6.07, 6.45) is 0.400.